The van der Waals surface area contributed by atoms with Crippen LogP contribution in [0, 0.1) is 17.2 Å². The molecule has 1 N–H and O–H groups in total. The molecule has 1 aromatic rings. The van der Waals surface area contributed by atoms with Gasteiger partial charge in [-0.1, -0.05) is 0 Å². The van der Waals surface area contributed by atoms with E-state index in [2.05, 4.69) is 20.2 Å². The van der Waals surface area contributed by atoms with E-state index in [9.17, 15) is 0 Å². The van der Waals surface area contributed by atoms with E-state index in [0.717, 1.165) is 26.1 Å². The molecular formula is C11H15N5. The number of aromatic nitrogens is 2. The van der Waals surface area contributed by atoms with Crippen LogP contribution in [-0.4, -0.2) is 36.6 Å². The van der Waals surface area contributed by atoms with Crippen molar-refractivity contribution >= 4 is 5.95 Å². The Morgan fingerprint density at radius 2 is 2.56 bits per heavy atom. The van der Waals surface area contributed by atoms with Crippen LogP contribution in [0.2, 0.25) is 0 Å². The molecule has 2 rings (SSSR count). The third-order valence-electron chi connectivity index (χ3n) is 2.82. The van der Waals surface area contributed by atoms with Gasteiger partial charge in [-0.2, -0.15) is 5.26 Å². The highest BCUT2D eigenvalue weighted by atomic mass is 15.3. The fraction of sp³-hybridized carbons (Fsp3) is 0.545. The number of nitrogens with zero attached hydrogens (tertiary/aromatic N) is 4. The Bertz CT molecular complexity index is 398. The fourth-order valence-electron chi connectivity index (χ4n) is 2.03. The van der Waals surface area contributed by atoms with Crippen molar-refractivity contribution in [1.29, 1.82) is 5.26 Å². The van der Waals surface area contributed by atoms with Gasteiger partial charge in [-0.3, -0.25) is 0 Å². The van der Waals surface area contributed by atoms with E-state index in [1.807, 2.05) is 13.1 Å². The highest BCUT2D eigenvalue weighted by molar-refractivity contribution is 5.34. The highest BCUT2D eigenvalue weighted by Gasteiger charge is 2.23. The SMILES string of the molecule is CNCC1CCN(c2nccc(C#N)n2)C1. The second-order valence-corrected chi connectivity index (χ2v) is 4.01. The molecule has 1 saturated heterocycles. The summed E-state index contributed by atoms with van der Waals surface area (Å²) in [6, 6.07) is 3.67. The van der Waals surface area contributed by atoms with Crippen LogP contribution >= 0.6 is 0 Å². The van der Waals surface area contributed by atoms with Crippen LogP contribution < -0.4 is 10.2 Å². The van der Waals surface area contributed by atoms with Crippen molar-refractivity contribution in [3.05, 3.63) is 18.0 Å². The third-order valence-corrected chi connectivity index (χ3v) is 2.82. The Morgan fingerprint density at radius 1 is 1.69 bits per heavy atom. The molecule has 16 heavy (non-hydrogen) atoms. The molecule has 0 aliphatic carbocycles. The van der Waals surface area contributed by atoms with E-state index in [0.29, 0.717) is 17.6 Å². The number of anilines is 1. The molecule has 1 aliphatic heterocycles. The second kappa shape index (κ2) is 4.90. The summed E-state index contributed by atoms with van der Waals surface area (Å²) in [7, 11) is 1.97. The molecule has 0 aromatic carbocycles. The molecule has 0 saturated carbocycles. The maximum Gasteiger partial charge on any atom is 0.226 e. The lowest BCUT2D eigenvalue weighted by Gasteiger charge is -2.15. The average molecular weight is 217 g/mol. The molecule has 1 aliphatic rings. The lowest BCUT2D eigenvalue weighted by Crippen LogP contribution is -2.25. The van der Waals surface area contributed by atoms with Gasteiger partial charge in [0.25, 0.3) is 0 Å². The molecule has 84 valence electrons. The first kappa shape index (κ1) is 10.8. The smallest absolute Gasteiger partial charge is 0.226 e. The standard InChI is InChI=1S/C11H15N5/c1-13-7-9-3-5-16(8-9)11-14-4-2-10(6-12)15-11/h2,4,9,13H,3,5,7-8H2,1H3. The van der Waals surface area contributed by atoms with Crippen LogP contribution in [0.15, 0.2) is 12.3 Å². The lowest BCUT2D eigenvalue weighted by atomic mass is 10.1. The van der Waals surface area contributed by atoms with Gasteiger partial charge in [-0.05, 0) is 32.0 Å². The summed E-state index contributed by atoms with van der Waals surface area (Å²) in [6.45, 7) is 2.96. The number of nitrogens with one attached hydrogen (secondary N) is 1. The molecule has 0 amide bonds. The van der Waals surface area contributed by atoms with E-state index in [1.54, 1.807) is 12.3 Å². The van der Waals surface area contributed by atoms with E-state index in [-0.39, 0.29) is 0 Å². The Balaban J connectivity index is 2.06. The number of hydrogen-bond acceptors (Lipinski definition) is 5. The van der Waals surface area contributed by atoms with Crippen molar-refractivity contribution in [3.63, 3.8) is 0 Å². The van der Waals surface area contributed by atoms with Gasteiger partial charge in [0.2, 0.25) is 5.95 Å². The zero-order chi connectivity index (χ0) is 11.4. The summed E-state index contributed by atoms with van der Waals surface area (Å²) in [5.74, 6) is 1.33. The van der Waals surface area contributed by atoms with E-state index < -0.39 is 0 Å². The first-order chi connectivity index (χ1) is 7.83. The van der Waals surface area contributed by atoms with Crippen molar-refractivity contribution in [2.75, 3.05) is 31.6 Å². The van der Waals surface area contributed by atoms with E-state index in [1.165, 1.54) is 0 Å². The largest absolute Gasteiger partial charge is 0.340 e. The highest BCUT2D eigenvalue weighted by Crippen LogP contribution is 2.19. The molecule has 1 fully saturated rings. The van der Waals surface area contributed by atoms with E-state index >= 15 is 0 Å². The number of hydrogen-bond donors (Lipinski definition) is 1. The number of nitriles is 1. The Kier molecular flexibility index (Phi) is 3.32. The topological polar surface area (TPSA) is 64.8 Å². The molecule has 0 radical (unpaired) electrons. The van der Waals surface area contributed by atoms with E-state index in [4.69, 9.17) is 5.26 Å². The van der Waals surface area contributed by atoms with Gasteiger partial charge in [0.15, 0.2) is 0 Å². The summed E-state index contributed by atoms with van der Waals surface area (Å²) >= 11 is 0. The molecule has 5 nitrogen and oxygen atoms in total. The van der Waals surface area contributed by atoms with Crippen LogP contribution in [0.1, 0.15) is 12.1 Å². The molecule has 1 aromatic heterocycles. The molecule has 1 unspecified atom stereocenters. The van der Waals surface area contributed by atoms with Crippen molar-refractivity contribution < 1.29 is 0 Å². The minimum absolute atomic E-state index is 0.432. The first-order valence-corrected chi connectivity index (χ1v) is 5.46. The summed E-state index contributed by atoms with van der Waals surface area (Å²) in [6.07, 6.45) is 2.80. The zero-order valence-electron chi connectivity index (χ0n) is 9.35. The van der Waals surface area contributed by atoms with Crippen LogP contribution in [0.4, 0.5) is 5.95 Å². The van der Waals surface area contributed by atoms with Crippen LogP contribution in [0.5, 0.6) is 0 Å². The van der Waals surface area contributed by atoms with Gasteiger partial charge in [-0.15, -0.1) is 0 Å². The zero-order valence-corrected chi connectivity index (χ0v) is 9.35. The quantitative estimate of drug-likeness (QED) is 0.793. The molecular weight excluding hydrogens is 202 g/mol. The summed E-state index contributed by atoms with van der Waals surface area (Å²) < 4.78 is 0. The van der Waals surface area contributed by atoms with Crippen molar-refractivity contribution in [2.45, 2.75) is 6.42 Å². The Labute approximate surface area is 95.1 Å². The maximum atomic E-state index is 8.77. The van der Waals surface area contributed by atoms with Gasteiger partial charge in [0.05, 0.1) is 0 Å². The van der Waals surface area contributed by atoms with Crippen LogP contribution in [0.25, 0.3) is 0 Å². The molecule has 0 spiro atoms. The Morgan fingerprint density at radius 3 is 3.31 bits per heavy atom. The van der Waals surface area contributed by atoms with Crippen molar-refractivity contribution in [2.24, 2.45) is 5.92 Å². The van der Waals surface area contributed by atoms with Crippen LogP contribution in [-0.2, 0) is 0 Å². The minimum atomic E-state index is 0.432. The monoisotopic (exact) mass is 217 g/mol. The molecule has 2 heterocycles. The van der Waals surface area contributed by atoms with Gasteiger partial charge in [0.1, 0.15) is 11.8 Å². The summed E-state index contributed by atoms with van der Waals surface area (Å²) in [5, 5.41) is 12.0. The fourth-order valence-corrected chi connectivity index (χ4v) is 2.03. The minimum Gasteiger partial charge on any atom is -0.340 e. The van der Waals surface area contributed by atoms with Crippen molar-refractivity contribution in [3.8, 4) is 6.07 Å². The molecule has 5 heteroatoms. The summed E-state index contributed by atoms with van der Waals surface area (Å²) in [4.78, 5) is 10.6. The predicted molar refractivity (Wildman–Crippen MR) is 61.0 cm³/mol. The van der Waals surface area contributed by atoms with Gasteiger partial charge in [-0.25, -0.2) is 9.97 Å². The maximum absolute atomic E-state index is 8.77. The Hall–Kier alpha value is -1.67. The average Bonchev–Trinajstić information content (AvgIpc) is 2.78. The van der Waals surface area contributed by atoms with Gasteiger partial charge in [0, 0.05) is 19.3 Å². The van der Waals surface area contributed by atoms with Crippen LogP contribution in [0.3, 0.4) is 0 Å². The lowest BCUT2D eigenvalue weighted by molar-refractivity contribution is 0.548. The second-order valence-electron chi connectivity index (χ2n) is 4.01. The van der Waals surface area contributed by atoms with Gasteiger partial charge >= 0.3 is 0 Å². The molecule has 0 bridgehead atoms. The molecule has 1 atom stereocenters. The summed E-state index contributed by atoms with van der Waals surface area (Å²) in [5.41, 5.74) is 0.432. The first-order valence-electron chi connectivity index (χ1n) is 5.46. The predicted octanol–water partition coefficient (Wildman–Crippen LogP) is 0.394. The van der Waals surface area contributed by atoms with Gasteiger partial charge < -0.3 is 10.2 Å². The number of rotatable bonds is 3. The van der Waals surface area contributed by atoms with Crippen molar-refractivity contribution in [1.82, 2.24) is 15.3 Å². The normalized spacial score (nSPS) is 19.8. The third kappa shape index (κ3) is 2.28.